The molecule has 1 aliphatic rings. The zero-order valence-corrected chi connectivity index (χ0v) is 28.3. The van der Waals surface area contributed by atoms with Gasteiger partial charge in [-0.3, -0.25) is 0 Å². The lowest BCUT2D eigenvalue weighted by atomic mass is 9.82. The van der Waals surface area contributed by atoms with Crippen LogP contribution in [0.5, 0.6) is 0 Å². The highest BCUT2D eigenvalue weighted by Crippen LogP contribution is 2.51. The van der Waals surface area contributed by atoms with Gasteiger partial charge < -0.3 is 4.90 Å². The fourth-order valence-electron chi connectivity index (χ4n) is 8.12. The van der Waals surface area contributed by atoms with Crippen molar-refractivity contribution in [1.82, 2.24) is 0 Å². The summed E-state index contributed by atoms with van der Waals surface area (Å²) in [4.78, 5) is 2.43. The maximum atomic E-state index is 2.43. The lowest BCUT2D eigenvalue weighted by Gasteiger charge is -2.28. The van der Waals surface area contributed by atoms with Crippen molar-refractivity contribution < 1.29 is 0 Å². The molecule has 1 aromatic heterocycles. The molecule has 0 fully saturated rings. The van der Waals surface area contributed by atoms with Gasteiger partial charge in [-0.25, -0.2) is 0 Å². The number of benzene rings is 8. The van der Waals surface area contributed by atoms with Crippen LogP contribution < -0.4 is 4.90 Å². The highest BCUT2D eigenvalue weighted by atomic mass is 32.1. The van der Waals surface area contributed by atoms with Crippen molar-refractivity contribution in [2.75, 3.05) is 4.90 Å². The van der Waals surface area contributed by atoms with Crippen molar-refractivity contribution in [3.05, 3.63) is 175 Å². The molecule has 49 heavy (non-hydrogen) atoms. The van der Waals surface area contributed by atoms with Crippen LogP contribution in [0.25, 0.3) is 64.0 Å². The first-order valence-corrected chi connectivity index (χ1v) is 17.8. The predicted octanol–water partition coefficient (Wildman–Crippen LogP) is 13.8. The van der Waals surface area contributed by atoms with Crippen LogP contribution in [-0.4, -0.2) is 0 Å². The maximum absolute atomic E-state index is 2.43. The summed E-state index contributed by atoms with van der Waals surface area (Å²) in [7, 11) is 0. The van der Waals surface area contributed by atoms with Gasteiger partial charge in [-0.1, -0.05) is 123 Å². The number of anilines is 3. The van der Waals surface area contributed by atoms with Crippen LogP contribution in [0.3, 0.4) is 0 Å². The molecular weight excluding hydrogens is 611 g/mol. The van der Waals surface area contributed by atoms with Crippen LogP contribution >= 0.6 is 11.3 Å². The molecule has 0 aliphatic heterocycles. The molecule has 0 N–H and O–H groups in total. The average Bonchev–Trinajstić information content (AvgIpc) is 3.63. The van der Waals surface area contributed by atoms with E-state index in [0.717, 1.165) is 17.1 Å². The van der Waals surface area contributed by atoms with E-state index >= 15 is 0 Å². The number of hydrogen-bond donors (Lipinski definition) is 0. The Morgan fingerprint density at radius 1 is 0.408 bits per heavy atom. The van der Waals surface area contributed by atoms with E-state index in [4.69, 9.17) is 0 Å². The Kier molecular flexibility index (Phi) is 6.16. The van der Waals surface area contributed by atoms with Crippen LogP contribution in [0.15, 0.2) is 164 Å². The third kappa shape index (κ3) is 4.38. The summed E-state index contributed by atoms with van der Waals surface area (Å²) >= 11 is 1.87. The molecule has 8 aromatic carbocycles. The molecule has 0 bridgehead atoms. The highest BCUT2D eigenvalue weighted by molar-refractivity contribution is 7.25. The molecule has 10 rings (SSSR count). The van der Waals surface area contributed by atoms with Gasteiger partial charge in [0.05, 0.1) is 0 Å². The molecular formula is C47H33NS. The largest absolute Gasteiger partial charge is 0.310 e. The van der Waals surface area contributed by atoms with Crippen LogP contribution in [0.4, 0.5) is 17.1 Å². The number of hydrogen-bond acceptors (Lipinski definition) is 2. The first-order valence-electron chi connectivity index (χ1n) is 17.0. The average molecular weight is 644 g/mol. The Hall–Kier alpha value is -5.70. The molecule has 9 aromatic rings. The van der Waals surface area contributed by atoms with Gasteiger partial charge in [-0.15, -0.1) is 11.3 Å². The molecule has 0 amide bonds. The molecule has 232 valence electrons. The summed E-state index contributed by atoms with van der Waals surface area (Å²) in [6.07, 6.45) is 0. The lowest BCUT2D eigenvalue weighted by Crippen LogP contribution is -2.16. The maximum Gasteiger partial charge on any atom is 0.0468 e. The summed E-state index contributed by atoms with van der Waals surface area (Å²) in [5.41, 5.74) is 11.3. The molecule has 2 heteroatoms. The Labute approximate surface area is 290 Å². The third-order valence-electron chi connectivity index (χ3n) is 10.6. The van der Waals surface area contributed by atoms with Gasteiger partial charge in [-0.2, -0.15) is 0 Å². The molecule has 0 saturated heterocycles. The Bertz CT molecular complexity index is 2750. The van der Waals surface area contributed by atoms with E-state index in [1.165, 1.54) is 75.1 Å². The van der Waals surface area contributed by atoms with Gasteiger partial charge in [0.25, 0.3) is 0 Å². The van der Waals surface area contributed by atoms with Crippen molar-refractivity contribution >= 4 is 70.1 Å². The second-order valence-electron chi connectivity index (χ2n) is 13.8. The van der Waals surface area contributed by atoms with E-state index in [0.29, 0.717) is 0 Å². The van der Waals surface area contributed by atoms with Crippen molar-refractivity contribution in [1.29, 1.82) is 0 Å². The third-order valence-corrected chi connectivity index (χ3v) is 11.8. The van der Waals surface area contributed by atoms with Crippen molar-refractivity contribution in [2.45, 2.75) is 19.3 Å². The van der Waals surface area contributed by atoms with E-state index in [2.05, 4.69) is 183 Å². The monoisotopic (exact) mass is 643 g/mol. The highest BCUT2D eigenvalue weighted by Gasteiger charge is 2.35. The van der Waals surface area contributed by atoms with Gasteiger partial charge in [0.2, 0.25) is 0 Å². The van der Waals surface area contributed by atoms with Crippen LogP contribution in [0, 0.1) is 0 Å². The summed E-state index contributed by atoms with van der Waals surface area (Å²) in [5.74, 6) is 0. The van der Waals surface area contributed by atoms with Gasteiger partial charge in [0.15, 0.2) is 0 Å². The van der Waals surface area contributed by atoms with Crippen LogP contribution in [0.1, 0.15) is 25.0 Å². The Morgan fingerprint density at radius 2 is 1.02 bits per heavy atom. The van der Waals surface area contributed by atoms with Crippen molar-refractivity contribution in [2.24, 2.45) is 0 Å². The van der Waals surface area contributed by atoms with Crippen LogP contribution in [0.2, 0.25) is 0 Å². The molecule has 1 heterocycles. The van der Waals surface area contributed by atoms with Gasteiger partial charge in [0.1, 0.15) is 0 Å². The minimum Gasteiger partial charge on any atom is -0.310 e. The minimum atomic E-state index is -0.0818. The molecule has 0 radical (unpaired) electrons. The standard InChI is InChI=1S/C47H33NS/c1-47(2)43-13-7-5-11-38(43)39-25-24-36(29-44(39)47)48(35-23-19-32-16-15-31-9-3-4-10-37(31)41(32)28-35)34-21-17-30(18-22-34)33-20-26-46-42(27-33)40-12-6-8-14-45(40)49-46/h3-29H,1-2H3. The SMILES string of the molecule is CC1(C)c2ccccc2-c2ccc(N(c3ccc(-c4ccc5sc6ccccc6c5c4)cc3)c3ccc4ccc5ccccc5c4c3)cc21. The second-order valence-corrected chi connectivity index (χ2v) is 14.9. The summed E-state index contributed by atoms with van der Waals surface area (Å²) < 4.78 is 2.67. The molecule has 0 spiro atoms. The first-order chi connectivity index (χ1) is 24.0. The molecule has 1 nitrogen and oxygen atoms in total. The molecule has 0 saturated carbocycles. The zero-order valence-electron chi connectivity index (χ0n) is 27.4. The Balaban J connectivity index is 1.13. The van der Waals surface area contributed by atoms with Crippen molar-refractivity contribution in [3.8, 4) is 22.3 Å². The summed E-state index contributed by atoms with van der Waals surface area (Å²) in [5, 5.41) is 7.71. The summed E-state index contributed by atoms with van der Waals surface area (Å²) in [6, 6.07) is 60.8. The number of nitrogens with zero attached hydrogens (tertiary/aromatic N) is 1. The van der Waals surface area contributed by atoms with E-state index in [1.807, 2.05) is 11.3 Å². The molecule has 0 unspecified atom stereocenters. The smallest absolute Gasteiger partial charge is 0.0468 e. The topological polar surface area (TPSA) is 3.24 Å². The van der Waals surface area contributed by atoms with E-state index < -0.39 is 0 Å². The fourth-order valence-corrected chi connectivity index (χ4v) is 9.20. The van der Waals surface area contributed by atoms with Crippen LogP contribution in [-0.2, 0) is 5.41 Å². The van der Waals surface area contributed by atoms with E-state index in [-0.39, 0.29) is 5.41 Å². The minimum absolute atomic E-state index is 0.0818. The molecule has 1 aliphatic carbocycles. The van der Waals surface area contributed by atoms with Gasteiger partial charge in [-0.05, 0) is 110 Å². The number of fused-ring (bicyclic) bond motifs is 9. The normalized spacial score (nSPS) is 13.3. The quantitative estimate of drug-likeness (QED) is 0.173. The van der Waals surface area contributed by atoms with E-state index in [9.17, 15) is 0 Å². The number of thiophene rings is 1. The predicted molar refractivity (Wildman–Crippen MR) is 212 cm³/mol. The van der Waals surface area contributed by atoms with Gasteiger partial charge >= 0.3 is 0 Å². The second kappa shape index (κ2) is 10.7. The Morgan fingerprint density at radius 3 is 1.90 bits per heavy atom. The first kappa shape index (κ1) is 28.3. The summed E-state index contributed by atoms with van der Waals surface area (Å²) in [6.45, 7) is 4.71. The fraction of sp³-hybridized carbons (Fsp3) is 0.0638. The van der Waals surface area contributed by atoms with E-state index in [1.54, 1.807) is 0 Å². The number of rotatable bonds is 4. The van der Waals surface area contributed by atoms with Gasteiger partial charge in [0, 0.05) is 42.6 Å². The zero-order chi connectivity index (χ0) is 32.7. The van der Waals surface area contributed by atoms with Crippen molar-refractivity contribution in [3.63, 3.8) is 0 Å². The lowest BCUT2D eigenvalue weighted by molar-refractivity contribution is 0.660. The molecule has 0 atom stereocenters.